The van der Waals surface area contributed by atoms with Crippen molar-refractivity contribution in [1.82, 2.24) is 5.32 Å². The fourth-order valence-corrected chi connectivity index (χ4v) is 1.29. The molecule has 4 nitrogen and oxygen atoms in total. The quantitative estimate of drug-likeness (QED) is 0.504. The SMILES string of the molecule is CCCCOCCNC(CCO)COC. The van der Waals surface area contributed by atoms with Crippen LogP contribution in [-0.2, 0) is 9.47 Å². The van der Waals surface area contributed by atoms with Crippen LogP contribution in [0.3, 0.4) is 0 Å². The molecule has 0 aliphatic rings. The van der Waals surface area contributed by atoms with Crippen LogP contribution in [0.25, 0.3) is 0 Å². The van der Waals surface area contributed by atoms with Crippen molar-refractivity contribution in [3.05, 3.63) is 0 Å². The molecular weight excluding hydrogens is 194 g/mol. The number of nitrogens with one attached hydrogen (secondary N) is 1. The van der Waals surface area contributed by atoms with Gasteiger partial charge in [0.2, 0.25) is 0 Å². The Labute approximate surface area is 93.0 Å². The summed E-state index contributed by atoms with van der Waals surface area (Å²) < 4.78 is 10.5. The third-order valence-corrected chi connectivity index (χ3v) is 2.17. The lowest BCUT2D eigenvalue weighted by molar-refractivity contribution is 0.116. The summed E-state index contributed by atoms with van der Waals surface area (Å²) in [5, 5.41) is 12.1. The van der Waals surface area contributed by atoms with Crippen LogP contribution in [0, 0.1) is 0 Å². The first kappa shape index (κ1) is 14.8. The Hall–Kier alpha value is -0.160. The van der Waals surface area contributed by atoms with Crippen molar-refractivity contribution in [3.63, 3.8) is 0 Å². The van der Waals surface area contributed by atoms with E-state index in [2.05, 4.69) is 12.2 Å². The normalized spacial score (nSPS) is 13.0. The molecule has 0 amide bonds. The van der Waals surface area contributed by atoms with E-state index in [0.717, 1.165) is 32.6 Å². The fraction of sp³-hybridized carbons (Fsp3) is 1.00. The van der Waals surface area contributed by atoms with Crippen LogP contribution < -0.4 is 5.32 Å². The number of ether oxygens (including phenoxy) is 2. The van der Waals surface area contributed by atoms with Gasteiger partial charge in [-0.15, -0.1) is 0 Å². The average Bonchev–Trinajstić information content (AvgIpc) is 2.24. The number of hydrogen-bond donors (Lipinski definition) is 2. The molecule has 0 spiro atoms. The molecule has 2 N–H and O–H groups in total. The van der Waals surface area contributed by atoms with Gasteiger partial charge in [0.1, 0.15) is 0 Å². The highest BCUT2D eigenvalue weighted by Crippen LogP contribution is 1.92. The van der Waals surface area contributed by atoms with Gasteiger partial charge in [0.15, 0.2) is 0 Å². The smallest absolute Gasteiger partial charge is 0.0616 e. The third-order valence-electron chi connectivity index (χ3n) is 2.17. The Morgan fingerprint density at radius 3 is 2.73 bits per heavy atom. The second-order valence-electron chi connectivity index (χ2n) is 3.58. The number of rotatable bonds is 11. The van der Waals surface area contributed by atoms with Crippen molar-refractivity contribution in [3.8, 4) is 0 Å². The molecule has 1 unspecified atom stereocenters. The van der Waals surface area contributed by atoms with E-state index in [0.29, 0.717) is 6.61 Å². The summed E-state index contributed by atoms with van der Waals surface area (Å²) in [4.78, 5) is 0. The lowest BCUT2D eigenvalue weighted by Gasteiger charge is -2.16. The first-order chi connectivity index (χ1) is 7.35. The second-order valence-corrected chi connectivity index (χ2v) is 3.58. The highest BCUT2D eigenvalue weighted by molar-refractivity contribution is 4.64. The number of unbranched alkanes of at least 4 members (excludes halogenated alkanes) is 1. The zero-order chi connectivity index (χ0) is 11.4. The number of hydrogen-bond acceptors (Lipinski definition) is 4. The van der Waals surface area contributed by atoms with Crippen LogP contribution in [0.15, 0.2) is 0 Å². The Bertz CT molecular complexity index is 116. The van der Waals surface area contributed by atoms with Crippen LogP contribution >= 0.6 is 0 Å². The maximum Gasteiger partial charge on any atom is 0.0616 e. The zero-order valence-electron chi connectivity index (χ0n) is 10.00. The van der Waals surface area contributed by atoms with E-state index >= 15 is 0 Å². The first-order valence-corrected chi connectivity index (χ1v) is 5.76. The Balaban J connectivity index is 3.28. The van der Waals surface area contributed by atoms with Crippen molar-refractivity contribution in [1.29, 1.82) is 0 Å². The highest BCUT2D eigenvalue weighted by atomic mass is 16.5. The molecule has 0 rings (SSSR count). The van der Waals surface area contributed by atoms with Crippen molar-refractivity contribution in [2.45, 2.75) is 32.2 Å². The minimum absolute atomic E-state index is 0.192. The van der Waals surface area contributed by atoms with Crippen molar-refractivity contribution >= 4 is 0 Å². The van der Waals surface area contributed by atoms with Crippen molar-refractivity contribution < 1.29 is 14.6 Å². The molecule has 1 atom stereocenters. The van der Waals surface area contributed by atoms with Crippen LogP contribution in [0.5, 0.6) is 0 Å². The molecule has 0 fully saturated rings. The maximum atomic E-state index is 8.81. The van der Waals surface area contributed by atoms with Gasteiger partial charge in [0.25, 0.3) is 0 Å². The predicted octanol–water partition coefficient (Wildman–Crippen LogP) is 0.790. The van der Waals surface area contributed by atoms with Crippen molar-refractivity contribution in [2.75, 3.05) is 40.1 Å². The lowest BCUT2D eigenvalue weighted by Crippen LogP contribution is -2.36. The van der Waals surface area contributed by atoms with Gasteiger partial charge in [-0.3, -0.25) is 0 Å². The molecule has 0 aliphatic carbocycles. The molecule has 0 aromatic carbocycles. The monoisotopic (exact) mass is 219 g/mol. The van der Waals surface area contributed by atoms with Gasteiger partial charge < -0.3 is 19.9 Å². The Morgan fingerprint density at radius 2 is 2.13 bits per heavy atom. The van der Waals surface area contributed by atoms with E-state index in [4.69, 9.17) is 14.6 Å². The summed E-state index contributed by atoms with van der Waals surface area (Å²) in [5.74, 6) is 0. The molecule has 15 heavy (non-hydrogen) atoms. The van der Waals surface area contributed by atoms with Crippen LogP contribution in [0.1, 0.15) is 26.2 Å². The van der Waals surface area contributed by atoms with Crippen LogP contribution in [0.2, 0.25) is 0 Å². The first-order valence-electron chi connectivity index (χ1n) is 5.76. The molecule has 0 aliphatic heterocycles. The topological polar surface area (TPSA) is 50.7 Å². The molecule has 0 saturated carbocycles. The van der Waals surface area contributed by atoms with Crippen molar-refractivity contribution in [2.24, 2.45) is 0 Å². The van der Waals surface area contributed by atoms with E-state index in [1.165, 1.54) is 6.42 Å². The van der Waals surface area contributed by atoms with E-state index in [1.807, 2.05) is 0 Å². The van der Waals surface area contributed by atoms with E-state index in [9.17, 15) is 0 Å². The number of aliphatic hydroxyl groups excluding tert-OH is 1. The molecule has 0 aromatic heterocycles. The maximum absolute atomic E-state index is 8.81. The highest BCUT2D eigenvalue weighted by Gasteiger charge is 2.05. The summed E-state index contributed by atoms with van der Waals surface area (Å²) in [7, 11) is 1.67. The van der Waals surface area contributed by atoms with Gasteiger partial charge in [-0.05, 0) is 12.8 Å². The van der Waals surface area contributed by atoms with Crippen LogP contribution in [-0.4, -0.2) is 51.2 Å². The summed E-state index contributed by atoms with van der Waals surface area (Å²) in [5.41, 5.74) is 0. The molecular formula is C11H25NO3. The van der Waals surface area contributed by atoms with Gasteiger partial charge in [-0.2, -0.15) is 0 Å². The molecule has 0 radical (unpaired) electrons. The van der Waals surface area contributed by atoms with Crippen LogP contribution in [0.4, 0.5) is 0 Å². The Morgan fingerprint density at radius 1 is 1.33 bits per heavy atom. The zero-order valence-corrected chi connectivity index (χ0v) is 10.00. The summed E-state index contributed by atoms with van der Waals surface area (Å²) >= 11 is 0. The average molecular weight is 219 g/mol. The lowest BCUT2D eigenvalue weighted by atomic mass is 10.2. The van der Waals surface area contributed by atoms with Gasteiger partial charge in [0, 0.05) is 32.9 Å². The summed E-state index contributed by atoms with van der Waals surface area (Å²) in [6, 6.07) is 0.231. The van der Waals surface area contributed by atoms with E-state index in [1.54, 1.807) is 7.11 Å². The predicted molar refractivity (Wildman–Crippen MR) is 61.1 cm³/mol. The molecule has 0 aromatic rings. The minimum Gasteiger partial charge on any atom is -0.396 e. The minimum atomic E-state index is 0.192. The van der Waals surface area contributed by atoms with Gasteiger partial charge in [-0.25, -0.2) is 0 Å². The summed E-state index contributed by atoms with van der Waals surface area (Å²) in [6.07, 6.45) is 3.02. The third kappa shape index (κ3) is 10.1. The Kier molecular flexibility index (Phi) is 11.8. The van der Waals surface area contributed by atoms with Gasteiger partial charge >= 0.3 is 0 Å². The number of methoxy groups -OCH3 is 1. The second kappa shape index (κ2) is 11.9. The van der Waals surface area contributed by atoms with Gasteiger partial charge in [0.05, 0.1) is 13.2 Å². The summed E-state index contributed by atoms with van der Waals surface area (Å²) in [6.45, 7) is 5.36. The largest absolute Gasteiger partial charge is 0.396 e. The number of aliphatic hydroxyl groups is 1. The molecule has 0 saturated heterocycles. The van der Waals surface area contributed by atoms with E-state index in [-0.39, 0.29) is 12.6 Å². The van der Waals surface area contributed by atoms with Gasteiger partial charge in [-0.1, -0.05) is 13.3 Å². The molecule has 4 heteroatoms. The molecule has 92 valence electrons. The standard InChI is InChI=1S/C11H25NO3/c1-3-4-8-15-9-6-12-11(5-7-13)10-14-2/h11-13H,3-10H2,1-2H3. The van der Waals surface area contributed by atoms with E-state index < -0.39 is 0 Å². The fourth-order valence-electron chi connectivity index (χ4n) is 1.29. The molecule has 0 heterocycles. The molecule has 0 bridgehead atoms.